The maximum atomic E-state index is 3.21. The van der Waals surface area contributed by atoms with Crippen molar-refractivity contribution < 1.29 is 0 Å². The quantitative estimate of drug-likeness (QED) is 0.710. The third kappa shape index (κ3) is 1.21. The highest BCUT2D eigenvalue weighted by molar-refractivity contribution is 7.10. The van der Waals surface area contributed by atoms with E-state index in [4.69, 9.17) is 0 Å². The lowest BCUT2D eigenvalue weighted by atomic mass is 10.1. The summed E-state index contributed by atoms with van der Waals surface area (Å²) >= 11 is 1.94. The van der Waals surface area contributed by atoms with Crippen molar-refractivity contribution in [1.29, 1.82) is 0 Å². The van der Waals surface area contributed by atoms with Crippen molar-refractivity contribution in [3.63, 3.8) is 0 Å². The Bertz CT molecular complexity index is 252. The Hall–Kier alpha value is -0.340. The minimum Gasteiger partial charge on any atom is -0.316 e. The third-order valence-corrected chi connectivity index (χ3v) is 3.40. The molecule has 1 aliphatic carbocycles. The van der Waals surface area contributed by atoms with Crippen molar-refractivity contribution in [2.75, 3.05) is 7.05 Å². The van der Waals surface area contributed by atoms with E-state index in [0.717, 1.165) is 6.54 Å². The number of hydrogen-bond donors (Lipinski definition) is 1. The Labute approximate surface area is 71.4 Å². The molecule has 0 aromatic carbocycles. The maximum absolute atomic E-state index is 3.21. The van der Waals surface area contributed by atoms with Gasteiger partial charge in [0.2, 0.25) is 0 Å². The number of aryl methyl sites for hydroxylation is 1. The van der Waals surface area contributed by atoms with Gasteiger partial charge in [-0.3, -0.25) is 0 Å². The molecule has 1 aromatic rings. The standard InChI is InChI=1S/C9H13NS/c1-10-5-7-6-11-9-4-2-3-8(7)9/h6,10H,2-5H2,1H3. The van der Waals surface area contributed by atoms with Crippen molar-refractivity contribution in [3.8, 4) is 0 Å². The van der Waals surface area contributed by atoms with E-state index in [1.165, 1.54) is 24.8 Å². The monoisotopic (exact) mass is 167 g/mol. The van der Waals surface area contributed by atoms with Gasteiger partial charge in [0, 0.05) is 11.4 Å². The first-order valence-electron chi connectivity index (χ1n) is 4.14. The summed E-state index contributed by atoms with van der Waals surface area (Å²) in [6.45, 7) is 1.05. The van der Waals surface area contributed by atoms with Gasteiger partial charge in [-0.2, -0.15) is 0 Å². The zero-order valence-electron chi connectivity index (χ0n) is 6.81. The molecule has 1 nitrogen and oxygen atoms in total. The van der Waals surface area contributed by atoms with Gasteiger partial charge in [-0.25, -0.2) is 0 Å². The van der Waals surface area contributed by atoms with E-state index >= 15 is 0 Å². The molecule has 2 rings (SSSR count). The van der Waals surface area contributed by atoms with Gasteiger partial charge < -0.3 is 5.32 Å². The lowest BCUT2D eigenvalue weighted by molar-refractivity contribution is 0.806. The Morgan fingerprint density at radius 2 is 2.45 bits per heavy atom. The second-order valence-electron chi connectivity index (χ2n) is 3.05. The van der Waals surface area contributed by atoms with Gasteiger partial charge in [-0.1, -0.05) is 0 Å². The molecule has 1 aromatic heterocycles. The minimum absolute atomic E-state index is 1.05. The van der Waals surface area contributed by atoms with Gasteiger partial charge in [0.15, 0.2) is 0 Å². The number of thiophene rings is 1. The predicted octanol–water partition coefficient (Wildman–Crippen LogP) is 1.96. The number of nitrogens with one attached hydrogen (secondary N) is 1. The molecule has 1 N–H and O–H groups in total. The van der Waals surface area contributed by atoms with Crippen LogP contribution in [-0.4, -0.2) is 7.05 Å². The van der Waals surface area contributed by atoms with Gasteiger partial charge in [-0.15, -0.1) is 11.3 Å². The van der Waals surface area contributed by atoms with E-state index in [9.17, 15) is 0 Å². The molecular weight excluding hydrogens is 154 g/mol. The summed E-state index contributed by atoms with van der Waals surface area (Å²) in [5.41, 5.74) is 3.18. The van der Waals surface area contributed by atoms with Crippen LogP contribution in [0.4, 0.5) is 0 Å². The Morgan fingerprint density at radius 3 is 3.27 bits per heavy atom. The van der Waals surface area contributed by atoms with Crippen molar-refractivity contribution >= 4 is 11.3 Å². The summed E-state index contributed by atoms with van der Waals surface area (Å²) < 4.78 is 0. The molecule has 0 unspecified atom stereocenters. The van der Waals surface area contributed by atoms with E-state index < -0.39 is 0 Å². The molecule has 0 saturated heterocycles. The lowest BCUT2D eigenvalue weighted by Gasteiger charge is -1.98. The molecule has 0 fully saturated rings. The zero-order valence-corrected chi connectivity index (χ0v) is 7.63. The Balaban J connectivity index is 2.27. The highest BCUT2D eigenvalue weighted by Crippen LogP contribution is 2.30. The van der Waals surface area contributed by atoms with Crippen LogP contribution in [0.2, 0.25) is 0 Å². The number of fused-ring (bicyclic) bond motifs is 1. The van der Waals surface area contributed by atoms with Crippen LogP contribution in [0.25, 0.3) is 0 Å². The fourth-order valence-corrected chi connectivity index (χ4v) is 2.89. The maximum Gasteiger partial charge on any atom is 0.0213 e. The average Bonchev–Trinajstić information content (AvgIpc) is 2.53. The van der Waals surface area contributed by atoms with Crippen LogP contribution in [0.15, 0.2) is 5.38 Å². The fraction of sp³-hybridized carbons (Fsp3) is 0.556. The van der Waals surface area contributed by atoms with Gasteiger partial charge in [0.1, 0.15) is 0 Å². The van der Waals surface area contributed by atoms with Crippen LogP contribution < -0.4 is 5.32 Å². The van der Waals surface area contributed by atoms with E-state index in [-0.39, 0.29) is 0 Å². The predicted molar refractivity (Wildman–Crippen MR) is 49.1 cm³/mol. The van der Waals surface area contributed by atoms with Crippen molar-refractivity contribution in [3.05, 3.63) is 21.4 Å². The molecule has 1 heterocycles. The van der Waals surface area contributed by atoms with Crippen molar-refractivity contribution in [1.82, 2.24) is 5.32 Å². The second kappa shape index (κ2) is 2.95. The zero-order chi connectivity index (χ0) is 7.68. The molecule has 0 spiro atoms. The highest BCUT2D eigenvalue weighted by atomic mass is 32.1. The summed E-state index contributed by atoms with van der Waals surface area (Å²) in [6, 6.07) is 0. The molecule has 0 atom stereocenters. The smallest absolute Gasteiger partial charge is 0.0213 e. The Kier molecular flexibility index (Phi) is 1.96. The molecule has 0 bridgehead atoms. The first-order chi connectivity index (χ1) is 5.42. The molecule has 0 saturated carbocycles. The normalized spacial score (nSPS) is 15.4. The van der Waals surface area contributed by atoms with Gasteiger partial charge in [-0.05, 0) is 42.8 Å². The Morgan fingerprint density at radius 1 is 1.55 bits per heavy atom. The summed E-state index contributed by atoms with van der Waals surface area (Å²) in [7, 11) is 2.01. The summed E-state index contributed by atoms with van der Waals surface area (Å²) in [6.07, 6.45) is 4.01. The van der Waals surface area contributed by atoms with Crippen LogP contribution in [0.3, 0.4) is 0 Å². The van der Waals surface area contributed by atoms with Gasteiger partial charge >= 0.3 is 0 Å². The lowest BCUT2D eigenvalue weighted by Crippen LogP contribution is -2.05. The molecule has 1 aliphatic rings. The fourth-order valence-electron chi connectivity index (χ4n) is 1.74. The summed E-state index contributed by atoms with van der Waals surface area (Å²) in [5.74, 6) is 0. The first-order valence-corrected chi connectivity index (χ1v) is 5.02. The average molecular weight is 167 g/mol. The third-order valence-electron chi connectivity index (χ3n) is 2.27. The topological polar surface area (TPSA) is 12.0 Å². The molecule has 2 heteroatoms. The van der Waals surface area contributed by atoms with Crippen molar-refractivity contribution in [2.24, 2.45) is 0 Å². The molecule has 60 valence electrons. The molecule has 0 amide bonds. The SMILES string of the molecule is CNCc1csc2c1CCC2. The van der Waals surface area contributed by atoms with Crippen LogP contribution in [0, 0.1) is 0 Å². The van der Waals surface area contributed by atoms with Gasteiger partial charge in [0.05, 0.1) is 0 Å². The van der Waals surface area contributed by atoms with E-state index in [0.29, 0.717) is 0 Å². The molecular formula is C9H13NS. The summed E-state index contributed by atoms with van der Waals surface area (Å²) in [5, 5.41) is 5.51. The van der Waals surface area contributed by atoms with Crippen LogP contribution in [0.1, 0.15) is 22.4 Å². The molecule has 0 aliphatic heterocycles. The van der Waals surface area contributed by atoms with E-state index in [2.05, 4.69) is 10.7 Å². The molecule has 11 heavy (non-hydrogen) atoms. The van der Waals surface area contributed by atoms with E-state index in [1.807, 2.05) is 18.4 Å². The summed E-state index contributed by atoms with van der Waals surface area (Å²) in [4.78, 5) is 1.63. The highest BCUT2D eigenvalue weighted by Gasteiger charge is 2.15. The molecule has 0 radical (unpaired) electrons. The minimum atomic E-state index is 1.05. The van der Waals surface area contributed by atoms with Crippen LogP contribution in [-0.2, 0) is 19.4 Å². The number of hydrogen-bond acceptors (Lipinski definition) is 2. The largest absolute Gasteiger partial charge is 0.316 e. The second-order valence-corrected chi connectivity index (χ2v) is 4.01. The first kappa shape index (κ1) is 7.32. The van der Waals surface area contributed by atoms with Crippen LogP contribution >= 0.6 is 11.3 Å². The van der Waals surface area contributed by atoms with Crippen LogP contribution in [0.5, 0.6) is 0 Å². The van der Waals surface area contributed by atoms with E-state index in [1.54, 1.807) is 10.4 Å². The van der Waals surface area contributed by atoms with Crippen molar-refractivity contribution in [2.45, 2.75) is 25.8 Å². The number of rotatable bonds is 2. The van der Waals surface area contributed by atoms with Gasteiger partial charge in [0.25, 0.3) is 0 Å².